The highest BCUT2D eigenvalue weighted by Gasteiger charge is 2.13. The van der Waals surface area contributed by atoms with Gasteiger partial charge in [-0.2, -0.15) is 0 Å². The van der Waals surface area contributed by atoms with Gasteiger partial charge in [0.25, 0.3) is 0 Å². The Kier molecular flexibility index (Phi) is 13.1. The summed E-state index contributed by atoms with van der Waals surface area (Å²) in [6.45, 7) is 9.39. The normalized spacial score (nSPS) is 12.5. The Morgan fingerprint density at radius 2 is 1.92 bits per heavy atom. The van der Waals surface area contributed by atoms with E-state index in [2.05, 4.69) is 39.9 Å². The molecule has 3 N–H and O–H groups in total. The van der Waals surface area contributed by atoms with Gasteiger partial charge in [0.05, 0.1) is 12.2 Å². The topological polar surface area (TPSA) is 91.5 Å². The van der Waals surface area contributed by atoms with Gasteiger partial charge in [-0.25, -0.2) is 0 Å². The first-order chi connectivity index (χ1) is 12.0. The van der Waals surface area contributed by atoms with E-state index in [4.69, 9.17) is 4.52 Å². The molecule has 26 heavy (non-hydrogen) atoms. The molecule has 1 aromatic rings. The third kappa shape index (κ3) is 8.86. The molecule has 7 nitrogen and oxygen atoms in total. The molecule has 1 unspecified atom stereocenters. The van der Waals surface area contributed by atoms with Crippen molar-refractivity contribution < 1.29 is 9.32 Å². The molecule has 0 saturated carbocycles. The number of nitrogens with zero attached hydrogens (tertiary/aromatic N) is 2. The van der Waals surface area contributed by atoms with Crippen LogP contribution in [0.5, 0.6) is 0 Å². The predicted molar refractivity (Wildman–Crippen MR) is 116 cm³/mol. The smallest absolute Gasteiger partial charge is 0.221 e. The van der Waals surface area contributed by atoms with Crippen LogP contribution >= 0.6 is 24.0 Å². The molecule has 1 rings (SSSR count). The number of hydrogen-bond donors (Lipinski definition) is 3. The molecule has 0 aliphatic heterocycles. The van der Waals surface area contributed by atoms with Crippen LogP contribution in [0.1, 0.15) is 70.8 Å². The molecule has 1 amide bonds. The van der Waals surface area contributed by atoms with Gasteiger partial charge in [-0.1, -0.05) is 25.9 Å². The quantitative estimate of drug-likeness (QED) is 0.273. The van der Waals surface area contributed by atoms with Gasteiger partial charge in [0.15, 0.2) is 11.7 Å². The number of aromatic nitrogens is 1. The minimum Gasteiger partial charge on any atom is -0.359 e. The van der Waals surface area contributed by atoms with Crippen LogP contribution < -0.4 is 16.0 Å². The minimum atomic E-state index is 0. The highest BCUT2D eigenvalue weighted by Crippen LogP contribution is 2.22. The Bertz CT molecular complexity index is 543. The summed E-state index contributed by atoms with van der Waals surface area (Å²) >= 11 is 0. The van der Waals surface area contributed by atoms with Gasteiger partial charge in [-0.3, -0.25) is 9.79 Å². The van der Waals surface area contributed by atoms with Crippen LogP contribution in [0.4, 0.5) is 0 Å². The van der Waals surface area contributed by atoms with E-state index in [1.54, 1.807) is 7.05 Å². The SMILES string of the molecule is CCC(C)NC(=O)CCNC(=NC)NCc1cc(C(CC)CC)no1.I. The van der Waals surface area contributed by atoms with Crippen LogP contribution in [0, 0.1) is 0 Å². The highest BCUT2D eigenvalue weighted by atomic mass is 127. The zero-order valence-electron chi connectivity index (χ0n) is 16.6. The molecule has 0 radical (unpaired) electrons. The summed E-state index contributed by atoms with van der Waals surface area (Å²) in [7, 11) is 1.70. The first-order valence-electron chi connectivity index (χ1n) is 9.23. The maximum absolute atomic E-state index is 11.8. The summed E-state index contributed by atoms with van der Waals surface area (Å²) in [5.41, 5.74) is 1.01. The average Bonchev–Trinajstić information content (AvgIpc) is 3.07. The fourth-order valence-corrected chi connectivity index (χ4v) is 2.45. The number of amides is 1. The van der Waals surface area contributed by atoms with Crippen molar-refractivity contribution in [2.45, 2.75) is 71.9 Å². The van der Waals surface area contributed by atoms with Crippen molar-refractivity contribution in [3.63, 3.8) is 0 Å². The number of nitrogens with one attached hydrogen (secondary N) is 3. The number of guanidine groups is 1. The largest absolute Gasteiger partial charge is 0.359 e. The molecule has 0 saturated heterocycles. The summed E-state index contributed by atoms with van der Waals surface area (Å²) in [5.74, 6) is 1.90. The summed E-state index contributed by atoms with van der Waals surface area (Å²) < 4.78 is 5.38. The van der Waals surface area contributed by atoms with Crippen LogP contribution in [-0.4, -0.2) is 36.7 Å². The molecule has 1 aromatic heterocycles. The average molecular weight is 479 g/mol. The van der Waals surface area contributed by atoms with Crippen LogP contribution in [-0.2, 0) is 11.3 Å². The zero-order chi connectivity index (χ0) is 18.7. The molecular weight excluding hydrogens is 445 g/mol. The first-order valence-corrected chi connectivity index (χ1v) is 9.23. The van der Waals surface area contributed by atoms with Crippen molar-refractivity contribution >= 4 is 35.8 Å². The molecule has 1 atom stereocenters. The van der Waals surface area contributed by atoms with E-state index in [9.17, 15) is 4.79 Å². The molecule has 0 fully saturated rings. The van der Waals surface area contributed by atoms with Crippen molar-refractivity contribution in [3.8, 4) is 0 Å². The number of halogens is 1. The van der Waals surface area contributed by atoms with Crippen molar-refractivity contribution in [1.82, 2.24) is 21.1 Å². The van der Waals surface area contributed by atoms with E-state index >= 15 is 0 Å². The number of carbonyl (C=O) groups excluding carboxylic acids is 1. The second-order valence-electron chi connectivity index (χ2n) is 6.21. The molecule has 0 bridgehead atoms. The molecule has 0 aliphatic carbocycles. The van der Waals surface area contributed by atoms with Crippen LogP contribution in [0.25, 0.3) is 0 Å². The van der Waals surface area contributed by atoms with E-state index in [1.165, 1.54) is 0 Å². The predicted octanol–water partition coefficient (Wildman–Crippen LogP) is 3.17. The third-order valence-electron chi connectivity index (χ3n) is 4.30. The standard InChI is InChI=1S/C18H33N5O2.HI/c1-6-13(4)22-17(24)9-10-20-18(19-5)21-12-15-11-16(23-25-15)14(7-2)8-3;/h11,13-14H,6-10,12H2,1-5H3,(H,22,24)(H2,19,20,21);1H. The Morgan fingerprint density at radius 1 is 1.23 bits per heavy atom. The molecule has 0 aromatic carbocycles. The van der Waals surface area contributed by atoms with Gasteiger partial charge in [0, 0.05) is 38.0 Å². The van der Waals surface area contributed by atoms with Crippen molar-refractivity contribution in [3.05, 3.63) is 17.5 Å². The second-order valence-corrected chi connectivity index (χ2v) is 6.21. The molecule has 1 heterocycles. The molecule has 0 aliphatic rings. The lowest BCUT2D eigenvalue weighted by atomic mass is 9.99. The maximum Gasteiger partial charge on any atom is 0.221 e. The number of aliphatic imine (C=N–C) groups is 1. The van der Waals surface area contributed by atoms with Crippen LogP contribution in [0.2, 0.25) is 0 Å². The molecule has 8 heteroatoms. The second kappa shape index (κ2) is 13.8. The van der Waals surface area contributed by atoms with Crippen molar-refractivity contribution in [2.75, 3.05) is 13.6 Å². The lowest BCUT2D eigenvalue weighted by molar-refractivity contribution is -0.121. The van der Waals surface area contributed by atoms with Crippen LogP contribution in [0.15, 0.2) is 15.6 Å². The van der Waals surface area contributed by atoms with Gasteiger partial charge in [-0.15, -0.1) is 24.0 Å². The monoisotopic (exact) mass is 479 g/mol. The molecular formula is C18H34IN5O2. The van der Waals surface area contributed by atoms with Gasteiger partial charge in [0.1, 0.15) is 0 Å². The Labute approximate surface area is 174 Å². The minimum absolute atomic E-state index is 0. The number of hydrogen-bond acceptors (Lipinski definition) is 4. The van der Waals surface area contributed by atoms with Gasteiger partial charge < -0.3 is 20.5 Å². The zero-order valence-corrected chi connectivity index (χ0v) is 18.9. The molecule has 0 spiro atoms. The van der Waals surface area contributed by atoms with E-state index in [0.717, 1.165) is 30.7 Å². The fourth-order valence-electron chi connectivity index (χ4n) is 2.45. The van der Waals surface area contributed by atoms with Gasteiger partial charge in [0.2, 0.25) is 5.91 Å². The van der Waals surface area contributed by atoms with Gasteiger partial charge >= 0.3 is 0 Å². The Balaban J connectivity index is 0.00000625. The van der Waals surface area contributed by atoms with E-state index < -0.39 is 0 Å². The third-order valence-corrected chi connectivity index (χ3v) is 4.30. The van der Waals surface area contributed by atoms with E-state index in [-0.39, 0.29) is 35.9 Å². The maximum atomic E-state index is 11.8. The first kappa shape index (κ1) is 24.7. The van der Waals surface area contributed by atoms with E-state index in [1.807, 2.05) is 19.9 Å². The van der Waals surface area contributed by atoms with Crippen molar-refractivity contribution in [2.24, 2.45) is 4.99 Å². The summed E-state index contributed by atoms with van der Waals surface area (Å²) in [5, 5.41) is 13.4. The van der Waals surface area contributed by atoms with E-state index in [0.29, 0.717) is 31.4 Å². The fraction of sp³-hybridized carbons (Fsp3) is 0.722. The lowest BCUT2D eigenvalue weighted by Gasteiger charge is -2.13. The summed E-state index contributed by atoms with van der Waals surface area (Å²) in [4.78, 5) is 15.9. The number of rotatable bonds is 10. The highest BCUT2D eigenvalue weighted by molar-refractivity contribution is 14.0. The summed E-state index contributed by atoms with van der Waals surface area (Å²) in [6.07, 6.45) is 3.44. The Morgan fingerprint density at radius 3 is 2.50 bits per heavy atom. The summed E-state index contributed by atoms with van der Waals surface area (Å²) in [6, 6.07) is 2.21. The van der Waals surface area contributed by atoms with Crippen LogP contribution in [0.3, 0.4) is 0 Å². The van der Waals surface area contributed by atoms with Gasteiger partial charge in [-0.05, 0) is 26.2 Å². The Hall–Kier alpha value is -1.32. The number of carbonyl (C=O) groups is 1. The van der Waals surface area contributed by atoms with Crippen molar-refractivity contribution in [1.29, 1.82) is 0 Å². The lowest BCUT2D eigenvalue weighted by Crippen LogP contribution is -2.40. The molecule has 150 valence electrons.